The minimum Gasteiger partial charge on any atom is -0.463 e. The Morgan fingerprint density at radius 2 is 2.36 bits per heavy atom. The lowest BCUT2D eigenvalue weighted by Crippen LogP contribution is -2.52. The molecule has 2 atom stereocenters. The molecule has 1 aliphatic rings. The molecule has 0 radical (unpaired) electrons. The predicted octanol–water partition coefficient (Wildman–Crippen LogP) is 1.06. The van der Waals surface area contributed by atoms with Crippen molar-refractivity contribution in [3.8, 4) is 11.5 Å². The van der Waals surface area contributed by atoms with Gasteiger partial charge in [-0.15, -0.1) is 0 Å². The van der Waals surface area contributed by atoms with Crippen LogP contribution < -0.4 is 16.0 Å². The van der Waals surface area contributed by atoms with Crippen LogP contribution in [0.4, 0.5) is 5.82 Å². The van der Waals surface area contributed by atoms with Crippen molar-refractivity contribution in [3.63, 3.8) is 0 Å². The maximum absolute atomic E-state index is 11.7. The Kier molecular flexibility index (Phi) is 3.68. The van der Waals surface area contributed by atoms with Crippen molar-refractivity contribution in [2.45, 2.75) is 32.6 Å². The summed E-state index contributed by atoms with van der Waals surface area (Å²) in [5.74, 6) is 0.772. The van der Waals surface area contributed by atoms with E-state index in [1.165, 1.54) is 11.6 Å². The molecule has 2 unspecified atom stereocenters. The van der Waals surface area contributed by atoms with Crippen LogP contribution in [-0.4, -0.2) is 27.6 Å². The number of hydrogen-bond donors (Lipinski definition) is 3. The lowest BCUT2D eigenvalue weighted by atomic mass is 10.2. The minimum atomic E-state index is -0.526. The van der Waals surface area contributed by atoms with Crippen LogP contribution in [0.2, 0.25) is 0 Å². The molecule has 1 fully saturated rings. The molecule has 8 nitrogen and oxygen atoms in total. The zero-order valence-corrected chi connectivity index (χ0v) is 12.3. The predicted molar refractivity (Wildman–Crippen MR) is 78.6 cm³/mol. The number of carbonyl (C=O) groups is 2. The topological polar surface area (TPSA) is 101 Å². The van der Waals surface area contributed by atoms with Crippen molar-refractivity contribution < 1.29 is 14.0 Å². The fourth-order valence-electron chi connectivity index (χ4n) is 2.40. The maximum atomic E-state index is 11.7. The van der Waals surface area contributed by atoms with Gasteiger partial charge < -0.3 is 15.1 Å². The first-order valence-corrected chi connectivity index (χ1v) is 6.99. The fourth-order valence-corrected chi connectivity index (χ4v) is 2.40. The van der Waals surface area contributed by atoms with Crippen molar-refractivity contribution in [2.24, 2.45) is 0 Å². The van der Waals surface area contributed by atoms with Gasteiger partial charge in [-0.05, 0) is 19.1 Å². The van der Waals surface area contributed by atoms with Gasteiger partial charge in [-0.2, -0.15) is 5.10 Å². The number of furan rings is 1. The van der Waals surface area contributed by atoms with Gasteiger partial charge in [0.15, 0.2) is 12.0 Å². The Hall–Kier alpha value is -2.61. The molecule has 2 aromatic heterocycles. The highest BCUT2D eigenvalue weighted by molar-refractivity contribution is 5.88. The summed E-state index contributed by atoms with van der Waals surface area (Å²) in [6, 6.07) is 5.25. The number of amides is 2. The summed E-state index contributed by atoms with van der Waals surface area (Å²) in [4.78, 5) is 23.1. The fraction of sp³-hybridized carbons (Fsp3) is 0.357. The molecule has 8 heteroatoms. The third-order valence-corrected chi connectivity index (χ3v) is 3.29. The van der Waals surface area contributed by atoms with Gasteiger partial charge in [-0.25, -0.2) is 4.68 Å². The number of nitrogens with zero attached hydrogens (tertiary/aromatic N) is 2. The van der Waals surface area contributed by atoms with E-state index < -0.39 is 6.29 Å². The lowest BCUT2D eigenvalue weighted by Gasteiger charge is -2.30. The Morgan fingerprint density at radius 3 is 3.00 bits per heavy atom. The molecule has 1 saturated heterocycles. The van der Waals surface area contributed by atoms with Crippen LogP contribution in [0.3, 0.4) is 0 Å². The highest BCUT2D eigenvalue weighted by Crippen LogP contribution is 2.24. The maximum Gasteiger partial charge on any atom is 0.224 e. The summed E-state index contributed by atoms with van der Waals surface area (Å²) < 4.78 is 6.86. The highest BCUT2D eigenvalue weighted by atomic mass is 16.3. The van der Waals surface area contributed by atoms with E-state index in [4.69, 9.17) is 4.42 Å². The van der Waals surface area contributed by atoms with Gasteiger partial charge in [-0.3, -0.25) is 14.9 Å². The van der Waals surface area contributed by atoms with Crippen LogP contribution >= 0.6 is 0 Å². The molecule has 0 aliphatic carbocycles. The molecule has 0 aromatic carbocycles. The van der Waals surface area contributed by atoms with E-state index in [2.05, 4.69) is 21.0 Å². The van der Waals surface area contributed by atoms with Gasteiger partial charge in [-0.1, -0.05) is 0 Å². The van der Waals surface area contributed by atoms with Crippen LogP contribution in [-0.2, 0) is 9.59 Å². The first-order valence-electron chi connectivity index (χ1n) is 6.99. The van der Waals surface area contributed by atoms with Crippen LogP contribution in [0.1, 0.15) is 26.6 Å². The van der Waals surface area contributed by atoms with Crippen molar-refractivity contribution in [1.29, 1.82) is 0 Å². The Labute approximate surface area is 126 Å². The molecule has 116 valence electrons. The van der Waals surface area contributed by atoms with Gasteiger partial charge in [0.25, 0.3) is 0 Å². The number of aromatic nitrogens is 2. The molecule has 2 aromatic rings. The Morgan fingerprint density at radius 1 is 1.55 bits per heavy atom. The molecule has 1 aliphatic heterocycles. The second-order valence-corrected chi connectivity index (χ2v) is 5.26. The number of anilines is 1. The first kappa shape index (κ1) is 14.3. The average molecular weight is 303 g/mol. The molecule has 2 amide bonds. The first-order chi connectivity index (χ1) is 10.5. The molecular weight excluding hydrogens is 286 g/mol. The normalized spacial score (nSPS) is 21.5. The SMILES string of the molecule is CC(=O)Nc1cc(-c2ccco2)nn1C1NC(=O)CC(C)N1. The third-order valence-electron chi connectivity index (χ3n) is 3.29. The largest absolute Gasteiger partial charge is 0.463 e. The second kappa shape index (κ2) is 5.64. The zero-order valence-electron chi connectivity index (χ0n) is 12.3. The molecule has 3 N–H and O–H groups in total. The monoisotopic (exact) mass is 303 g/mol. The van der Waals surface area contributed by atoms with E-state index in [9.17, 15) is 9.59 Å². The number of carbonyl (C=O) groups excluding carboxylic acids is 2. The van der Waals surface area contributed by atoms with E-state index in [-0.39, 0.29) is 17.9 Å². The third kappa shape index (κ3) is 2.86. The molecule has 22 heavy (non-hydrogen) atoms. The van der Waals surface area contributed by atoms with E-state index in [0.717, 1.165) is 0 Å². The average Bonchev–Trinajstić information content (AvgIpc) is 3.05. The zero-order chi connectivity index (χ0) is 15.7. The van der Waals surface area contributed by atoms with Gasteiger partial charge in [0.2, 0.25) is 11.8 Å². The summed E-state index contributed by atoms with van der Waals surface area (Å²) in [6.45, 7) is 3.33. The molecule has 3 rings (SSSR count). The summed E-state index contributed by atoms with van der Waals surface area (Å²) in [7, 11) is 0. The number of hydrogen-bond acceptors (Lipinski definition) is 5. The van der Waals surface area contributed by atoms with Crippen LogP contribution in [0, 0.1) is 0 Å². The van der Waals surface area contributed by atoms with Gasteiger partial charge in [0.1, 0.15) is 11.5 Å². The quantitative estimate of drug-likeness (QED) is 0.787. The van der Waals surface area contributed by atoms with Crippen LogP contribution in [0.5, 0.6) is 0 Å². The Bertz CT molecular complexity index is 691. The van der Waals surface area contributed by atoms with Gasteiger partial charge in [0.05, 0.1) is 6.26 Å². The molecule has 0 saturated carbocycles. The van der Waals surface area contributed by atoms with Crippen molar-refractivity contribution in [2.75, 3.05) is 5.32 Å². The van der Waals surface area contributed by atoms with Crippen LogP contribution in [0.25, 0.3) is 11.5 Å². The lowest BCUT2D eigenvalue weighted by molar-refractivity contribution is -0.125. The molecular formula is C14H17N5O3. The van der Waals surface area contributed by atoms with Crippen molar-refractivity contribution in [1.82, 2.24) is 20.4 Å². The second-order valence-electron chi connectivity index (χ2n) is 5.26. The van der Waals surface area contributed by atoms with Crippen LogP contribution in [0.15, 0.2) is 28.9 Å². The summed E-state index contributed by atoms with van der Waals surface area (Å²) in [5.41, 5.74) is 0.572. The van der Waals surface area contributed by atoms with E-state index in [0.29, 0.717) is 23.7 Å². The van der Waals surface area contributed by atoms with Gasteiger partial charge >= 0.3 is 0 Å². The standard InChI is InChI=1S/C14H17N5O3/c1-8-6-13(21)17-14(15-8)19-12(16-9(2)20)7-10(18-19)11-4-3-5-22-11/h3-5,7-8,14-15H,6H2,1-2H3,(H,16,20)(H,17,21). The van der Waals surface area contributed by atoms with E-state index >= 15 is 0 Å². The highest BCUT2D eigenvalue weighted by Gasteiger charge is 2.27. The number of nitrogens with one attached hydrogen (secondary N) is 3. The van der Waals surface area contributed by atoms with Gasteiger partial charge in [0, 0.05) is 25.5 Å². The minimum absolute atomic E-state index is 0.0141. The number of rotatable bonds is 3. The summed E-state index contributed by atoms with van der Waals surface area (Å²) in [5, 5.41) is 13.2. The van der Waals surface area contributed by atoms with E-state index in [1.54, 1.807) is 24.5 Å². The van der Waals surface area contributed by atoms with E-state index in [1.807, 2.05) is 6.92 Å². The molecule has 0 spiro atoms. The smallest absolute Gasteiger partial charge is 0.224 e. The molecule has 0 bridgehead atoms. The summed E-state index contributed by atoms with van der Waals surface area (Å²) in [6.07, 6.45) is 1.43. The van der Waals surface area contributed by atoms with Crippen molar-refractivity contribution in [3.05, 3.63) is 24.5 Å². The van der Waals surface area contributed by atoms with Crippen molar-refractivity contribution >= 4 is 17.6 Å². The summed E-state index contributed by atoms with van der Waals surface area (Å²) >= 11 is 0. The molecule has 3 heterocycles. The Balaban J connectivity index is 1.97.